The lowest BCUT2D eigenvalue weighted by Crippen LogP contribution is -2.26. The molecule has 1 amide bonds. The number of carbonyl (C=O) groups excluding carboxylic acids is 2. The number of fused-ring (bicyclic) bond motifs is 1. The minimum atomic E-state index is -0.112. The van der Waals surface area contributed by atoms with E-state index >= 15 is 0 Å². The summed E-state index contributed by atoms with van der Waals surface area (Å²) in [7, 11) is 0. The average Bonchev–Trinajstić information content (AvgIpc) is 2.84. The average molecular weight is 423 g/mol. The number of hydrogen-bond acceptors (Lipinski definition) is 3. The highest BCUT2D eigenvalue weighted by Crippen LogP contribution is 2.17. The van der Waals surface area contributed by atoms with E-state index in [2.05, 4.69) is 10.6 Å². The number of amides is 1. The molecule has 0 saturated heterocycles. The van der Waals surface area contributed by atoms with Gasteiger partial charge in [0.15, 0.2) is 5.78 Å². The summed E-state index contributed by atoms with van der Waals surface area (Å²) in [5, 5.41) is 8.48. The van der Waals surface area contributed by atoms with Crippen LogP contribution in [0.15, 0.2) is 97.1 Å². The lowest BCUT2D eigenvalue weighted by molar-refractivity contribution is 0.0938. The molecule has 4 heteroatoms. The van der Waals surface area contributed by atoms with Gasteiger partial charge in [0.2, 0.25) is 0 Å². The van der Waals surface area contributed by atoms with Crippen molar-refractivity contribution in [1.82, 2.24) is 5.32 Å². The quantitative estimate of drug-likeness (QED) is 0.342. The normalized spacial score (nSPS) is 11.7. The van der Waals surface area contributed by atoms with Crippen LogP contribution in [0.1, 0.15) is 45.7 Å². The van der Waals surface area contributed by atoms with E-state index in [1.807, 2.05) is 91.9 Å². The van der Waals surface area contributed by atoms with Crippen LogP contribution in [0.25, 0.3) is 10.8 Å². The second kappa shape index (κ2) is 9.92. The minimum absolute atomic E-state index is 0.0670. The minimum Gasteiger partial charge on any atom is -0.385 e. The summed E-state index contributed by atoms with van der Waals surface area (Å²) < 4.78 is 0. The Balaban J connectivity index is 1.28. The molecule has 4 aromatic rings. The number of carbonyl (C=O) groups is 2. The van der Waals surface area contributed by atoms with Gasteiger partial charge in [0.25, 0.3) is 5.91 Å². The Bertz CT molecular complexity index is 1220. The van der Waals surface area contributed by atoms with Gasteiger partial charge in [-0.3, -0.25) is 9.59 Å². The van der Waals surface area contributed by atoms with Crippen LogP contribution in [0, 0.1) is 0 Å². The Morgan fingerprint density at radius 3 is 2.16 bits per heavy atom. The first-order chi connectivity index (χ1) is 15.6. The molecule has 0 aliphatic rings. The molecule has 0 aliphatic carbocycles. The Hall–Kier alpha value is -3.92. The molecule has 0 aromatic heterocycles. The van der Waals surface area contributed by atoms with E-state index < -0.39 is 0 Å². The summed E-state index contributed by atoms with van der Waals surface area (Å²) in [6.07, 6.45) is 0.398. The molecule has 0 fully saturated rings. The van der Waals surface area contributed by atoms with E-state index in [1.165, 1.54) is 0 Å². The maximum atomic E-state index is 12.5. The predicted octanol–water partition coefficient (Wildman–Crippen LogP) is 6.02. The molecule has 4 rings (SSSR count). The van der Waals surface area contributed by atoms with Crippen LogP contribution >= 0.6 is 0 Å². The molecule has 4 nitrogen and oxygen atoms in total. The van der Waals surface area contributed by atoms with E-state index in [0.717, 1.165) is 27.6 Å². The predicted molar refractivity (Wildman–Crippen MR) is 130 cm³/mol. The zero-order valence-corrected chi connectivity index (χ0v) is 18.0. The van der Waals surface area contributed by atoms with Crippen molar-refractivity contribution in [3.05, 3.63) is 114 Å². The molecule has 0 saturated carbocycles. The van der Waals surface area contributed by atoms with Gasteiger partial charge in [-0.2, -0.15) is 0 Å². The van der Waals surface area contributed by atoms with Gasteiger partial charge >= 0.3 is 0 Å². The van der Waals surface area contributed by atoms with Crippen molar-refractivity contribution in [2.75, 3.05) is 11.9 Å². The van der Waals surface area contributed by atoms with Crippen molar-refractivity contribution in [3.63, 3.8) is 0 Å². The monoisotopic (exact) mass is 422 g/mol. The van der Waals surface area contributed by atoms with Gasteiger partial charge < -0.3 is 10.6 Å². The summed E-state index contributed by atoms with van der Waals surface area (Å²) >= 11 is 0. The molecule has 32 heavy (non-hydrogen) atoms. The van der Waals surface area contributed by atoms with Crippen LogP contribution < -0.4 is 10.6 Å². The topological polar surface area (TPSA) is 58.2 Å². The summed E-state index contributed by atoms with van der Waals surface area (Å²) in [4.78, 5) is 25.1. The van der Waals surface area contributed by atoms with Crippen molar-refractivity contribution >= 4 is 28.2 Å². The molecule has 0 aliphatic heterocycles. The fraction of sp³-hybridized carbons (Fsp3) is 0.143. The highest BCUT2D eigenvalue weighted by Gasteiger charge is 2.11. The Morgan fingerprint density at radius 1 is 0.750 bits per heavy atom. The number of rotatable bonds is 8. The zero-order valence-electron chi connectivity index (χ0n) is 18.0. The summed E-state index contributed by atoms with van der Waals surface area (Å²) in [5.74, 6) is -0.00599. The number of benzene rings is 4. The number of Topliss-reactive ketones (excluding diaryl/α,β-unsaturated/α-hetero) is 1. The van der Waals surface area contributed by atoms with E-state index in [4.69, 9.17) is 0 Å². The maximum absolute atomic E-state index is 12.5. The van der Waals surface area contributed by atoms with Crippen LogP contribution in [0.5, 0.6) is 0 Å². The molecule has 4 aromatic carbocycles. The fourth-order valence-corrected chi connectivity index (χ4v) is 3.67. The van der Waals surface area contributed by atoms with Crippen molar-refractivity contribution in [1.29, 1.82) is 0 Å². The molecule has 2 N–H and O–H groups in total. The van der Waals surface area contributed by atoms with Crippen molar-refractivity contribution in [2.45, 2.75) is 19.4 Å². The SMILES string of the molecule is CC(NC(=O)c1ccc(NCCC(=O)c2ccc3ccccc3c2)cc1)c1ccccc1. The number of anilines is 1. The van der Waals surface area contributed by atoms with E-state index in [9.17, 15) is 9.59 Å². The van der Waals surface area contributed by atoms with Gasteiger partial charge in [-0.05, 0) is 53.6 Å². The molecule has 0 bridgehead atoms. The van der Waals surface area contributed by atoms with Crippen LogP contribution in [0.2, 0.25) is 0 Å². The first kappa shape index (κ1) is 21.3. The van der Waals surface area contributed by atoms with Crippen LogP contribution in [-0.2, 0) is 0 Å². The summed E-state index contributed by atoms with van der Waals surface area (Å²) in [6.45, 7) is 2.50. The standard InChI is InChI=1S/C28H26N2O2/c1-20(21-7-3-2-4-8-21)30-28(32)23-13-15-26(16-14-23)29-18-17-27(31)25-12-11-22-9-5-6-10-24(22)19-25/h2-16,19-20,29H,17-18H2,1H3,(H,30,32). The summed E-state index contributed by atoms with van der Waals surface area (Å²) in [6, 6.07) is 31.0. The van der Waals surface area contributed by atoms with Crippen LogP contribution in [-0.4, -0.2) is 18.2 Å². The van der Waals surface area contributed by atoms with Crippen molar-refractivity contribution in [3.8, 4) is 0 Å². The third kappa shape index (κ3) is 5.22. The highest BCUT2D eigenvalue weighted by molar-refractivity contribution is 6.00. The van der Waals surface area contributed by atoms with Gasteiger partial charge in [-0.15, -0.1) is 0 Å². The van der Waals surface area contributed by atoms with Gasteiger partial charge in [0, 0.05) is 29.8 Å². The zero-order chi connectivity index (χ0) is 22.3. The molecule has 160 valence electrons. The van der Waals surface area contributed by atoms with Gasteiger partial charge in [-0.25, -0.2) is 0 Å². The Labute approximate surface area is 188 Å². The van der Waals surface area contributed by atoms with Gasteiger partial charge in [0.1, 0.15) is 0 Å². The third-order valence-electron chi connectivity index (χ3n) is 5.55. The van der Waals surface area contributed by atoms with Crippen LogP contribution in [0.3, 0.4) is 0 Å². The lowest BCUT2D eigenvalue weighted by Gasteiger charge is -2.14. The lowest BCUT2D eigenvalue weighted by atomic mass is 10.0. The highest BCUT2D eigenvalue weighted by atomic mass is 16.1. The molecular weight excluding hydrogens is 396 g/mol. The smallest absolute Gasteiger partial charge is 0.251 e. The Kier molecular flexibility index (Phi) is 6.61. The van der Waals surface area contributed by atoms with Crippen LogP contribution in [0.4, 0.5) is 5.69 Å². The molecular formula is C28H26N2O2. The van der Waals surface area contributed by atoms with E-state index in [0.29, 0.717) is 18.5 Å². The van der Waals surface area contributed by atoms with Crippen molar-refractivity contribution < 1.29 is 9.59 Å². The molecule has 0 radical (unpaired) electrons. The van der Waals surface area contributed by atoms with E-state index in [-0.39, 0.29) is 17.7 Å². The largest absolute Gasteiger partial charge is 0.385 e. The Morgan fingerprint density at radius 2 is 1.41 bits per heavy atom. The number of ketones is 1. The van der Waals surface area contributed by atoms with Crippen molar-refractivity contribution in [2.24, 2.45) is 0 Å². The molecule has 1 atom stereocenters. The van der Waals surface area contributed by atoms with Gasteiger partial charge in [0.05, 0.1) is 6.04 Å². The first-order valence-electron chi connectivity index (χ1n) is 10.8. The summed E-state index contributed by atoms with van der Waals surface area (Å²) in [5.41, 5.74) is 3.27. The second-order valence-corrected chi connectivity index (χ2v) is 7.85. The molecule has 1 unspecified atom stereocenters. The first-order valence-corrected chi connectivity index (χ1v) is 10.8. The second-order valence-electron chi connectivity index (χ2n) is 7.85. The van der Waals surface area contributed by atoms with E-state index in [1.54, 1.807) is 12.1 Å². The maximum Gasteiger partial charge on any atom is 0.251 e. The molecule has 0 heterocycles. The third-order valence-corrected chi connectivity index (χ3v) is 5.55. The molecule has 0 spiro atoms. The number of nitrogens with one attached hydrogen (secondary N) is 2. The van der Waals surface area contributed by atoms with Gasteiger partial charge in [-0.1, -0.05) is 66.7 Å². The fourth-order valence-electron chi connectivity index (χ4n) is 3.67. The number of hydrogen-bond donors (Lipinski definition) is 2.